The van der Waals surface area contributed by atoms with Crippen LogP contribution in [0.5, 0.6) is 0 Å². The van der Waals surface area contributed by atoms with E-state index in [2.05, 4.69) is 0 Å². The summed E-state index contributed by atoms with van der Waals surface area (Å²) in [7, 11) is 6.81. The van der Waals surface area contributed by atoms with Crippen LogP contribution in [0.25, 0.3) is 0 Å². The Bertz CT molecular complexity index is 2300. The van der Waals surface area contributed by atoms with Crippen LogP contribution >= 0.6 is 0 Å². The summed E-state index contributed by atoms with van der Waals surface area (Å²) < 4.78 is 59.0. The summed E-state index contributed by atoms with van der Waals surface area (Å²) in [5.41, 5.74) is -3.33. The molecule has 3 aromatic rings. The van der Waals surface area contributed by atoms with Gasteiger partial charge < -0.3 is 57.7 Å². The van der Waals surface area contributed by atoms with E-state index in [9.17, 15) is 24.6 Å². The van der Waals surface area contributed by atoms with Crippen LogP contribution in [0.1, 0.15) is 114 Å². The summed E-state index contributed by atoms with van der Waals surface area (Å²) in [5, 5.41) is 25.2. The third-order valence-corrected chi connectivity index (χ3v) is 15.8. The first-order valence-corrected chi connectivity index (χ1v) is 26.1. The van der Waals surface area contributed by atoms with E-state index >= 15 is 4.79 Å². The monoisotopic (exact) mass is 1030 g/mol. The molecule has 2 unspecified atom stereocenters. The molecule has 3 heterocycles. The number of rotatable bonds is 14. The third-order valence-electron chi connectivity index (χ3n) is 15.8. The predicted octanol–water partition coefficient (Wildman–Crippen LogP) is 7.39. The van der Waals surface area contributed by atoms with Crippen LogP contribution < -0.4 is 0 Å². The standard InChI is InChI=1S/C58H81NO15/c1-14-44-58(65,32-40-24-18-15-19-25-40)49(61)36(4)46(60)34(2)31-56(8,66-12)50(74-55-48(43(59(10)11)30-35(3)68-55)72-53(63)41-26-20-16-21-27-41)37(5)47(38(6)52(62)70-44)71-45-33-57(9,67-13)51(39(7)69-45)73-54(64)42-28-22-17-23-29-42/h15-29,34-39,43-45,47-51,55,61,65H,14,30-33H2,1-13H3/t34-,35-,36+,37+,38-,39+,43+,44-,45?,47+,48-,49-,50-,51+,55?,56-,57-,58-/m1/s1. The average Bonchev–Trinajstić information content (AvgIpc) is 3.39. The Kier molecular flexibility index (Phi) is 19.8. The van der Waals surface area contributed by atoms with Gasteiger partial charge in [0.25, 0.3) is 0 Å². The lowest BCUT2D eigenvalue weighted by Crippen LogP contribution is -2.62. The second kappa shape index (κ2) is 25.0. The van der Waals surface area contributed by atoms with Crippen LogP contribution in [-0.2, 0) is 58.6 Å². The zero-order valence-corrected chi connectivity index (χ0v) is 45.5. The number of aliphatic hydroxyl groups is 2. The summed E-state index contributed by atoms with van der Waals surface area (Å²) in [5.74, 6) is -6.22. The number of cyclic esters (lactones) is 1. The highest BCUT2D eigenvalue weighted by molar-refractivity contribution is 5.90. The van der Waals surface area contributed by atoms with Crippen LogP contribution in [-0.4, -0.2) is 151 Å². The average molecular weight is 1030 g/mol. The molecule has 2 N–H and O–H groups in total. The molecular weight excluding hydrogens is 951 g/mol. The van der Waals surface area contributed by atoms with Crippen molar-refractivity contribution in [2.45, 2.75) is 179 Å². The fraction of sp³-hybridized carbons (Fsp3) is 0.621. The van der Waals surface area contributed by atoms with E-state index in [0.717, 1.165) is 0 Å². The number of hydrogen-bond acceptors (Lipinski definition) is 16. The minimum atomic E-state index is -2.12. The van der Waals surface area contributed by atoms with Crippen molar-refractivity contribution >= 4 is 23.7 Å². The van der Waals surface area contributed by atoms with Gasteiger partial charge in [-0.25, -0.2) is 9.59 Å². The smallest absolute Gasteiger partial charge is 0.338 e. The van der Waals surface area contributed by atoms with Gasteiger partial charge in [-0.05, 0) is 97.8 Å². The van der Waals surface area contributed by atoms with Gasteiger partial charge in [0, 0.05) is 44.8 Å². The maximum Gasteiger partial charge on any atom is 0.338 e. The Morgan fingerprint density at radius 1 is 0.716 bits per heavy atom. The molecule has 16 heteroatoms. The van der Waals surface area contributed by atoms with Crippen LogP contribution in [0.2, 0.25) is 0 Å². The molecule has 74 heavy (non-hydrogen) atoms. The number of nitrogens with zero attached hydrogens (tertiary/aromatic N) is 1. The Balaban J connectivity index is 1.47. The Labute approximate surface area is 437 Å². The van der Waals surface area contributed by atoms with E-state index in [-0.39, 0.29) is 43.6 Å². The van der Waals surface area contributed by atoms with E-state index in [1.807, 2.05) is 38.9 Å². The summed E-state index contributed by atoms with van der Waals surface area (Å²) in [6.45, 7) is 15.8. The Morgan fingerprint density at radius 3 is 1.80 bits per heavy atom. The van der Waals surface area contributed by atoms with Gasteiger partial charge in [-0.3, -0.25) is 9.59 Å². The van der Waals surface area contributed by atoms with E-state index < -0.39 is 114 Å². The lowest BCUT2D eigenvalue weighted by Gasteiger charge is -2.50. The summed E-state index contributed by atoms with van der Waals surface area (Å²) in [6, 6.07) is 25.9. The van der Waals surface area contributed by atoms with Gasteiger partial charge >= 0.3 is 17.9 Å². The number of ether oxygens (including phenoxy) is 9. The van der Waals surface area contributed by atoms with Crippen LogP contribution in [0, 0.1) is 23.7 Å². The van der Waals surface area contributed by atoms with Crippen molar-refractivity contribution < 1.29 is 72.0 Å². The Hall–Kier alpha value is -4.62. The molecule has 6 rings (SSSR count). The zero-order chi connectivity index (χ0) is 54.3. The van der Waals surface area contributed by atoms with Crippen molar-refractivity contribution in [3.63, 3.8) is 0 Å². The zero-order valence-electron chi connectivity index (χ0n) is 45.5. The van der Waals surface area contributed by atoms with Crippen LogP contribution in [0.3, 0.4) is 0 Å². The molecule has 0 spiro atoms. The SMILES string of the molecule is CC[C@H]1OC(=O)[C@H](C)[C@@H](OC2C[C@@](C)(OC)[C@@H](OC(=O)c3ccccc3)[C@H](C)O2)[C@H](C)[C@@H](OC2O[C@H](C)C[C@H](N(C)C)[C@H]2OC(=O)c2ccccc2)[C@](C)(OC)C[C@@H](C)C(=O)[C@H](C)[C@@H](O)[C@@]1(O)Cc1ccccc1. The van der Waals surface area contributed by atoms with Crippen molar-refractivity contribution in [1.82, 2.24) is 4.90 Å². The number of ketones is 1. The van der Waals surface area contributed by atoms with E-state index in [4.69, 9.17) is 42.6 Å². The van der Waals surface area contributed by atoms with Gasteiger partial charge in [0.15, 0.2) is 24.8 Å². The number of carbonyl (C=O) groups is 4. The molecule has 3 aliphatic heterocycles. The van der Waals surface area contributed by atoms with E-state index in [1.54, 1.807) is 133 Å². The van der Waals surface area contributed by atoms with Gasteiger partial charge in [0.2, 0.25) is 0 Å². The summed E-state index contributed by atoms with van der Waals surface area (Å²) in [6.07, 6.45) is -10.1. The first kappa shape index (κ1) is 58.6. The van der Waals surface area contributed by atoms with Crippen molar-refractivity contribution in [2.75, 3.05) is 28.3 Å². The van der Waals surface area contributed by atoms with Crippen LogP contribution in [0.4, 0.5) is 0 Å². The molecule has 3 saturated heterocycles. The van der Waals surface area contributed by atoms with Crippen molar-refractivity contribution in [3.05, 3.63) is 108 Å². The molecule has 16 nitrogen and oxygen atoms in total. The lowest BCUT2D eigenvalue weighted by atomic mass is 9.72. The minimum absolute atomic E-state index is 0.0231. The van der Waals surface area contributed by atoms with Gasteiger partial charge in [-0.1, -0.05) is 94.4 Å². The summed E-state index contributed by atoms with van der Waals surface area (Å²) in [4.78, 5) is 59.3. The third kappa shape index (κ3) is 13.1. The minimum Gasteiger partial charge on any atom is -0.459 e. The fourth-order valence-corrected chi connectivity index (χ4v) is 11.4. The molecule has 408 valence electrons. The van der Waals surface area contributed by atoms with Gasteiger partial charge in [-0.2, -0.15) is 0 Å². The maximum absolute atomic E-state index is 15.1. The molecule has 3 aliphatic rings. The van der Waals surface area contributed by atoms with E-state index in [0.29, 0.717) is 23.1 Å². The lowest BCUT2D eigenvalue weighted by molar-refractivity contribution is -0.318. The molecular formula is C58H81NO15. The quantitative estimate of drug-likeness (QED) is 0.120. The molecule has 0 bridgehead atoms. The van der Waals surface area contributed by atoms with Gasteiger partial charge in [-0.15, -0.1) is 0 Å². The fourth-order valence-electron chi connectivity index (χ4n) is 11.4. The molecule has 0 aliphatic carbocycles. The van der Waals surface area contributed by atoms with Gasteiger partial charge in [0.1, 0.15) is 23.1 Å². The summed E-state index contributed by atoms with van der Waals surface area (Å²) >= 11 is 0. The molecule has 3 fully saturated rings. The second-order valence-electron chi connectivity index (χ2n) is 21.6. The molecule has 0 amide bonds. The number of likely N-dealkylation sites (N-methyl/N-ethyl adjacent to an activating group) is 1. The second-order valence-corrected chi connectivity index (χ2v) is 21.6. The number of aliphatic hydroxyl groups excluding tert-OH is 1. The molecule has 0 aromatic heterocycles. The van der Waals surface area contributed by atoms with Crippen molar-refractivity contribution in [2.24, 2.45) is 23.7 Å². The highest BCUT2D eigenvalue weighted by Gasteiger charge is 2.56. The molecule has 18 atom stereocenters. The number of methoxy groups -OCH3 is 2. The molecule has 3 aromatic carbocycles. The number of Topliss-reactive ketones (excluding diaryl/α,β-unsaturated/α-hetero) is 1. The number of carbonyl (C=O) groups excluding carboxylic acids is 4. The number of hydrogen-bond donors (Lipinski definition) is 2. The topological polar surface area (TPSA) is 195 Å². The largest absolute Gasteiger partial charge is 0.459 e. The normalized spacial score (nSPS) is 37.6. The predicted molar refractivity (Wildman–Crippen MR) is 275 cm³/mol. The van der Waals surface area contributed by atoms with Crippen molar-refractivity contribution in [1.29, 1.82) is 0 Å². The maximum atomic E-state index is 15.1. The first-order chi connectivity index (χ1) is 35.0. The van der Waals surface area contributed by atoms with Crippen LogP contribution in [0.15, 0.2) is 91.0 Å². The first-order valence-electron chi connectivity index (χ1n) is 26.1. The van der Waals surface area contributed by atoms with Crippen molar-refractivity contribution in [3.8, 4) is 0 Å². The molecule has 0 radical (unpaired) electrons. The van der Waals surface area contributed by atoms with Gasteiger partial charge in [0.05, 0.1) is 59.2 Å². The number of benzene rings is 3. The highest BCUT2D eigenvalue weighted by atomic mass is 16.7. The van der Waals surface area contributed by atoms with E-state index in [1.165, 1.54) is 14.2 Å². The Morgan fingerprint density at radius 2 is 1.26 bits per heavy atom. The highest BCUT2D eigenvalue weighted by Crippen LogP contribution is 2.43. The number of esters is 3. The molecule has 0 saturated carbocycles.